The van der Waals surface area contributed by atoms with E-state index in [-0.39, 0.29) is 0 Å². The van der Waals surface area contributed by atoms with Gasteiger partial charge in [-0.1, -0.05) is 33.1 Å². The molecule has 3 atom stereocenters. The van der Waals surface area contributed by atoms with E-state index in [1.807, 2.05) is 0 Å². The molecule has 0 aliphatic heterocycles. The fourth-order valence-electron chi connectivity index (χ4n) is 2.74. The molecule has 2 N–H and O–H groups in total. The largest absolute Gasteiger partial charge is 0.389 e. The van der Waals surface area contributed by atoms with Gasteiger partial charge in [-0.3, -0.25) is 0 Å². The van der Waals surface area contributed by atoms with Crippen LogP contribution in [0.1, 0.15) is 58.8 Å². The third kappa shape index (κ3) is 10.2. The highest BCUT2D eigenvalue weighted by Crippen LogP contribution is 2.22. The standard InChI is InChI=1S/C17H35NO3/c1-3-4-10-20-11-12-21-14-17(19)13-18-16-7-5-6-15(2)8-9-16/h15-19H,3-14H2,1-2H3. The lowest BCUT2D eigenvalue weighted by Crippen LogP contribution is -2.37. The highest BCUT2D eigenvalue weighted by atomic mass is 16.5. The third-order valence-corrected chi connectivity index (χ3v) is 4.22. The Morgan fingerprint density at radius 1 is 1.10 bits per heavy atom. The minimum Gasteiger partial charge on any atom is -0.389 e. The number of hydrogen-bond donors (Lipinski definition) is 2. The molecule has 1 fully saturated rings. The molecular weight excluding hydrogens is 266 g/mol. The van der Waals surface area contributed by atoms with Gasteiger partial charge in [-0.25, -0.2) is 0 Å². The van der Waals surface area contributed by atoms with Gasteiger partial charge in [0, 0.05) is 19.2 Å². The van der Waals surface area contributed by atoms with Crippen LogP contribution in [0, 0.1) is 5.92 Å². The fourth-order valence-corrected chi connectivity index (χ4v) is 2.74. The van der Waals surface area contributed by atoms with Crippen LogP contribution in [0.5, 0.6) is 0 Å². The zero-order valence-corrected chi connectivity index (χ0v) is 14.0. The van der Waals surface area contributed by atoms with Gasteiger partial charge >= 0.3 is 0 Å². The maximum absolute atomic E-state index is 9.91. The second-order valence-corrected chi connectivity index (χ2v) is 6.41. The molecule has 21 heavy (non-hydrogen) atoms. The maximum atomic E-state index is 9.91. The van der Waals surface area contributed by atoms with E-state index in [0.717, 1.165) is 25.4 Å². The molecule has 0 heterocycles. The Balaban J connectivity index is 1.94. The van der Waals surface area contributed by atoms with Crippen molar-refractivity contribution in [2.75, 3.05) is 33.0 Å². The molecule has 4 heteroatoms. The summed E-state index contributed by atoms with van der Waals surface area (Å²) in [6, 6.07) is 0.571. The minimum absolute atomic E-state index is 0.396. The molecule has 3 unspecified atom stereocenters. The Morgan fingerprint density at radius 3 is 2.71 bits per heavy atom. The zero-order chi connectivity index (χ0) is 15.3. The highest BCUT2D eigenvalue weighted by Gasteiger charge is 2.16. The van der Waals surface area contributed by atoms with E-state index in [9.17, 15) is 5.11 Å². The molecule has 1 rings (SSSR count). The van der Waals surface area contributed by atoms with E-state index in [1.165, 1.54) is 32.1 Å². The summed E-state index contributed by atoms with van der Waals surface area (Å²) in [5.74, 6) is 0.859. The van der Waals surface area contributed by atoms with Crippen molar-refractivity contribution >= 4 is 0 Å². The van der Waals surface area contributed by atoms with Crippen molar-refractivity contribution < 1.29 is 14.6 Å². The minimum atomic E-state index is -0.415. The molecule has 1 saturated carbocycles. The van der Waals surface area contributed by atoms with Crippen molar-refractivity contribution in [1.82, 2.24) is 5.32 Å². The number of rotatable bonds is 11. The summed E-state index contributed by atoms with van der Waals surface area (Å²) in [6.45, 7) is 7.53. The predicted molar refractivity (Wildman–Crippen MR) is 86.6 cm³/mol. The Morgan fingerprint density at radius 2 is 1.90 bits per heavy atom. The van der Waals surface area contributed by atoms with E-state index in [1.54, 1.807) is 0 Å². The van der Waals surface area contributed by atoms with Gasteiger partial charge < -0.3 is 19.9 Å². The normalized spacial score (nSPS) is 24.7. The molecule has 4 nitrogen and oxygen atoms in total. The van der Waals surface area contributed by atoms with Gasteiger partial charge in [0.25, 0.3) is 0 Å². The first-order chi connectivity index (χ1) is 10.2. The van der Waals surface area contributed by atoms with Gasteiger partial charge in [-0.15, -0.1) is 0 Å². The van der Waals surface area contributed by atoms with Gasteiger partial charge in [0.05, 0.1) is 25.9 Å². The van der Waals surface area contributed by atoms with Gasteiger partial charge in [-0.05, 0) is 31.6 Å². The molecule has 0 radical (unpaired) electrons. The summed E-state index contributed by atoms with van der Waals surface area (Å²) in [5.41, 5.74) is 0. The highest BCUT2D eigenvalue weighted by molar-refractivity contribution is 4.74. The monoisotopic (exact) mass is 301 g/mol. The van der Waals surface area contributed by atoms with Crippen LogP contribution >= 0.6 is 0 Å². The number of ether oxygens (including phenoxy) is 2. The van der Waals surface area contributed by atoms with Gasteiger partial charge in [-0.2, -0.15) is 0 Å². The molecule has 0 amide bonds. The molecule has 0 aromatic carbocycles. The summed E-state index contributed by atoms with van der Waals surface area (Å²) in [5, 5.41) is 13.4. The molecule has 1 aliphatic carbocycles. The maximum Gasteiger partial charge on any atom is 0.0897 e. The number of nitrogens with one attached hydrogen (secondary N) is 1. The molecule has 0 saturated heterocycles. The quantitative estimate of drug-likeness (QED) is 0.455. The first kappa shape index (κ1) is 18.9. The van der Waals surface area contributed by atoms with Crippen molar-refractivity contribution in [3.05, 3.63) is 0 Å². The number of unbranched alkanes of at least 4 members (excludes halogenated alkanes) is 1. The van der Waals surface area contributed by atoms with Gasteiger partial charge in [0.1, 0.15) is 0 Å². The summed E-state index contributed by atoms with van der Waals surface area (Å²) in [4.78, 5) is 0. The average Bonchev–Trinajstić information content (AvgIpc) is 2.69. The van der Waals surface area contributed by atoms with Gasteiger partial charge in [0.15, 0.2) is 0 Å². The lowest BCUT2D eigenvalue weighted by Gasteiger charge is -2.19. The van der Waals surface area contributed by atoms with Crippen LogP contribution in [0.15, 0.2) is 0 Å². The lowest BCUT2D eigenvalue weighted by atomic mass is 10.0. The zero-order valence-electron chi connectivity index (χ0n) is 14.0. The van der Waals surface area contributed by atoms with Crippen LogP contribution in [-0.4, -0.2) is 50.2 Å². The number of aliphatic hydroxyl groups is 1. The number of aliphatic hydroxyl groups excluding tert-OH is 1. The van der Waals surface area contributed by atoms with Gasteiger partial charge in [0.2, 0.25) is 0 Å². The van der Waals surface area contributed by atoms with Crippen molar-refractivity contribution in [2.24, 2.45) is 5.92 Å². The van der Waals surface area contributed by atoms with Crippen LogP contribution in [0.2, 0.25) is 0 Å². The van der Waals surface area contributed by atoms with E-state index in [0.29, 0.717) is 32.4 Å². The lowest BCUT2D eigenvalue weighted by molar-refractivity contribution is 0.00307. The predicted octanol–water partition coefficient (Wildman–Crippen LogP) is 2.74. The van der Waals surface area contributed by atoms with E-state index in [4.69, 9.17) is 9.47 Å². The molecule has 1 aliphatic rings. The molecular formula is C17H35NO3. The second-order valence-electron chi connectivity index (χ2n) is 6.41. The third-order valence-electron chi connectivity index (χ3n) is 4.22. The smallest absolute Gasteiger partial charge is 0.0897 e. The van der Waals surface area contributed by atoms with Crippen molar-refractivity contribution in [3.8, 4) is 0 Å². The Kier molecular flexibility index (Phi) is 11.1. The summed E-state index contributed by atoms with van der Waals surface area (Å²) < 4.78 is 10.9. The SMILES string of the molecule is CCCCOCCOCC(O)CNC1CCCC(C)CC1. The molecule has 0 spiro atoms. The average molecular weight is 301 g/mol. The van der Waals surface area contributed by atoms with E-state index >= 15 is 0 Å². The number of hydrogen-bond acceptors (Lipinski definition) is 4. The van der Waals surface area contributed by atoms with Crippen LogP contribution < -0.4 is 5.32 Å². The Labute approximate surface area is 130 Å². The molecule has 0 aromatic heterocycles. The second kappa shape index (κ2) is 12.4. The van der Waals surface area contributed by atoms with Crippen molar-refractivity contribution in [2.45, 2.75) is 70.9 Å². The molecule has 126 valence electrons. The van der Waals surface area contributed by atoms with E-state index < -0.39 is 6.10 Å². The molecule has 0 aromatic rings. The van der Waals surface area contributed by atoms with Crippen LogP contribution in [0.25, 0.3) is 0 Å². The van der Waals surface area contributed by atoms with E-state index in [2.05, 4.69) is 19.2 Å². The Bertz CT molecular complexity index is 238. The first-order valence-corrected chi connectivity index (χ1v) is 8.79. The summed E-state index contributed by atoms with van der Waals surface area (Å²) in [7, 11) is 0. The van der Waals surface area contributed by atoms with Crippen LogP contribution in [0.4, 0.5) is 0 Å². The Hall–Kier alpha value is -0.160. The molecule has 0 bridgehead atoms. The van der Waals surface area contributed by atoms with Crippen molar-refractivity contribution in [1.29, 1.82) is 0 Å². The fraction of sp³-hybridized carbons (Fsp3) is 1.00. The topological polar surface area (TPSA) is 50.7 Å². The summed E-state index contributed by atoms with van der Waals surface area (Å²) >= 11 is 0. The van der Waals surface area contributed by atoms with Crippen LogP contribution in [0.3, 0.4) is 0 Å². The summed E-state index contributed by atoms with van der Waals surface area (Å²) in [6.07, 6.45) is 8.28. The van der Waals surface area contributed by atoms with Crippen LogP contribution in [-0.2, 0) is 9.47 Å². The van der Waals surface area contributed by atoms with Crippen molar-refractivity contribution in [3.63, 3.8) is 0 Å². The first-order valence-electron chi connectivity index (χ1n) is 8.79.